The van der Waals surface area contributed by atoms with Gasteiger partial charge in [0.2, 0.25) is 0 Å². The fraction of sp³-hybridized carbons (Fsp3) is 0.214. The number of nitrogens with one attached hydrogen (secondary N) is 1. The molecule has 0 fully saturated rings. The van der Waals surface area contributed by atoms with E-state index in [9.17, 15) is 9.59 Å². The molecule has 1 amide bonds. The maximum Gasteiger partial charge on any atom is 0.279 e. The maximum atomic E-state index is 11.9. The van der Waals surface area contributed by atoms with Gasteiger partial charge in [0, 0.05) is 19.7 Å². The minimum absolute atomic E-state index is 0.0656. The van der Waals surface area contributed by atoms with Gasteiger partial charge in [0.05, 0.1) is 12.8 Å². The van der Waals surface area contributed by atoms with Gasteiger partial charge in [-0.25, -0.2) is 4.68 Å². The third-order valence-corrected chi connectivity index (χ3v) is 2.92. The van der Waals surface area contributed by atoms with Gasteiger partial charge in [-0.05, 0) is 30.3 Å². The third-order valence-electron chi connectivity index (χ3n) is 2.92. The summed E-state index contributed by atoms with van der Waals surface area (Å²) in [7, 11) is 4.58. The molecule has 0 aliphatic heterocycles. The first kappa shape index (κ1) is 13.8. The summed E-state index contributed by atoms with van der Waals surface area (Å²) in [6.07, 6.45) is 0. The quantitative estimate of drug-likeness (QED) is 0.898. The molecule has 0 spiro atoms. The summed E-state index contributed by atoms with van der Waals surface area (Å²) in [5, 5.41) is 6.61. The maximum absolute atomic E-state index is 11.9. The fourth-order valence-corrected chi connectivity index (χ4v) is 1.81. The fourth-order valence-electron chi connectivity index (χ4n) is 1.81. The van der Waals surface area contributed by atoms with Crippen LogP contribution >= 0.6 is 0 Å². The molecule has 2 rings (SSSR count). The van der Waals surface area contributed by atoms with Gasteiger partial charge in [0.25, 0.3) is 11.5 Å². The summed E-state index contributed by atoms with van der Waals surface area (Å²) >= 11 is 0. The second-order valence-electron chi connectivity index (χ2n) is 4.18. The van der Waals surface area contributed by atoms with E-state index in [0.717, 1.165) is 16.0 Å². The van der Waals surface area contributed by atoms with Crippen LogP contribution in [-0.4, -0.2) is 29.8 Å². The molecule has 1 N–H and O–H groups in total. The highest BCUT2D eigenvalue weighted by atomic mass is 16.5. The summed E-state index contributed by atoms with van der Waals surface area (Å²) in [5.41, 5.74) is 0.984. The smallest absolute Gasteiger partial charge is 0.279 e. The van der Waals surface area contributed by atoms with Gasteiger partial charge >= 0.3 is 0 Å². The Labute approximate surface area is 116 Å². The molecule has 104 valence electrons. The molecule has 0 aliphatic carbocycles. The first-order valence-corrected chi connectivity index (χ1v) is 6.01. The molecule has 1 aromatic heterocycles. The van der Waals surface area contributed by atoms with Crippen molar-refractivity contribution in [2.24, 2.45) is 7.05 Å². The summed E-state index contributed by atoms with van der Waals surface area (Å²) in [4.78, 5) is 23.6. The number of aromatic nitrogens is 2. The lowest BCUT2D eigenvalue weighted by molar-refractivity contribution is 0.0960. The lowest BCUT2D eigenvalue weighted by atomic mass is 10.1. The Morgan fingerprint density at radius 3 is 2.50 bits per heavy atom. The van der Waals surface area contributed by atoms with Gasteiger partial charge in [0.15, 0.2) is 0 Å². The Bertz CT molecular complexity index is 690. The number of hydrogen-bond donors (Lipinski definition) is 1. The lowest BCUT2D eigenvalue weighted by Crippen LogP contribution is -2.31. The molecular weight excluding hydrogens is 258 g/mol. The van der Waals surface area contributed by atoms with Crippen LogP contribution < -0.4 is 15.6 Å². The van der Waals surface area contributed by atoms with Crippen molar-refractivity contribution in [3.05, 3.63) is 46.2 Å². The van der Waals surface area contributed by atoms with Crippen LogP contribution in [-0.2, 0) is 7.05 Å². The normalized spacial score (nSPS) is 10.2. The van der Waals surface area contributed by atoms with Gasteiger partial charge in [0.1, 0.15) is 11.3 Å². The Kier molecular flexibility index (Phi) is 3.84. The number of hydrogen-bond acceptors (Lipinski definition) is 4. The molecule has 0 aliphatic rings. The SMILES string of the molecule is CNC(=O)c1cc(-c2ccc(OC)cc2)nn(C)c1=O. The molecule has 0 radical (unpaired) electrons. The van der Waals surface area contributed by atoms with Gasteiger partial charge < -0.3 is 10.1 Å². The number of benzene rings is 1. The second kappa shape index (κ2) is 5.56. The summed E-state index contributed by atoms with van der Waals surface area (Å²) in [5.74, 6) is 0.299. The van der Waals surface area contributed by atoms with E-state index in [-0.39, 0.29) is 5.56 Å². The Morgan fingerprint density at radius 1 is 1.30 bits per heavy atom. The van der Waals surface area contributed by atoms with E-state index in [1.165, 1.54) is 20.2 Å². The van der Waals surface area contributed by atoms with Crippen molar-refractivity contribution in [3.8, 4) is 17.0 Å². The molecule has 1 heterocycles. The predicted octanol–water partition coefficient (Wildman–Crippen LogP) is 0.815. The standard InChI is InChI=1S/C14H15N3O3/c1-15-13(18)11-8-12(16-17(2)14(11)19)9-4-6-10(20-3)7-5-9/h4-8H,1-3H3,(H,15,18). The van der Waals surface area contributed by atoms with Crippen molar-refractivity contribution in [2.75, 3.05) is 14.2 Å². The number of ether oxygens (including phenoxy) is 1. The molecule has 0 bridgehead atoms. The van der Waals surface area contributed by atoms with E-state index < -0.39 is 11.5 Å². The molecule has 2 aromatic rings. The van der Waals surface area contributed by atoms with Crippen LogP contribution in [0.25, 0.3) is 11.3 Å². The predicted molar refractivity (Wildman–Crippen MR) is 74.9 cm³/mol. The second-order valence-corrected chi connectivity index (χ2v) is 4.18. The number of carbonyl (C=O) groups is 1. The van der Waals surface area contributed by atoms with Crippen LogP contribution in [0.15, 0.2) is 35.1 Å². The number of carbonyl (C=O) groups excluding carboxylic acids is 1. The average Bonchev–Trinajstić information content (AvgIpc) is 2.49. The minimum atomic E-state index is -0.429. The molecule has 0 atom stereocenters. The van der Waals surface area contributed by atoms with Crippen LogP contribution in [0.5, 0.6) is 5.75 Å². The highest BCUT2D eigenvalue weighted by Gasteiger charge is 2.13. The summed E-state index contributed by atoms with van der Waals surface area (Å²) < 4.78 is 6.24. The largest absolute Gasteiger partial charge is 0.497 e. The van der Waals surface area contributed by atoms with Crippen LogP contribution in [0.3, 0.4) is 0 Å². The number of amides is 1. The van der Waals surface area contributed by atoms with Crippen molar-refractivity contribution in [1.29, 1.82) is 0 Å². The number of rotatable bonds is 3. The van der Waals surface area contributed by atoms with E-state index in [2.05, 4.69) is 10.4 Å². The molecule has 6 nitrogen and oxygen atoms in total. The van der Waals surface area contributed by atoms with Gasteiger partial charge in [-0.3, -0.25) is 9.59 Å². The number of nitrogens with zero attached hydrogens (tertiary/aromatic N) is 2. The van der Waals surface area contributed by atoms with Crippen LogP contribution in [0.1, 0.15) is 10.4 Å². The third kappa shape index (κ3) is 2.54. The zero-order valence-electron chi connectivity index (χ0n) is 11.5. The van der Waals surface area contributed by atoms with E-state index in [0.29, 0.717) is 5.69 Å². The molecule has 0 saturated carbocycles. The highest BCUT2D eigenvalue weighted by molar-refractivity contribution is 5.94. The summed E-state index contributed by atoms with van der Waals surface area (Å²) in [6.45, 7) is 0. The monoisotopic (exact) mass is 273 g/mol. The van der Waals surface area contributed by atoms with Crippen molar-refractivity contribution in [2.45, 2.75) is 0 Å². The Morgan fingerprint density at radius 2 is 1.95 bits per heavy atom. The zero-order valence-corrected chi connectivity index (χ0v) is 11.5. The Balaban J connectivity index is 2.54. The van der Waals surface area contributed by atoms with Crippen LogP contribution in [0.2, 0.25) is 0 Å². The lowest BCUT2D eigenvalue weighted by Gasteiger charge is -2.07. The molecular formula is C14H15N3O3. The van der Waals surface area contributed by atoms with Crippen molar-refractivity contribution in [3.63, 3.8) is 0 Å². The first-order chi connectivity index (χ1) is 9.56. The van der Waals surface area contributed by atoms with E-state index >= 15 is 0 Å². The summed E-state index contributed by atoms with van der Waals surface area (Å²) in [6, 6.07) is 8.71. The topological polar surface area (TPSA) is 73.2 Å². The number of aryl methyl sites for hydroxylation is 1. The molecule has 20 heavy (non-hydrogen) atoms. The van der Waals surface area contributed by atoms with Crippen LogP contribution in [0, 0.1) is 0 Å². The highest BCUT2D eigenvalue weighted by Crippen LogP contribution is 2.20. The van der Waals surface area contributed by atoms with E-state index in [4.69, 9.17) is 4.74 Å². The van der Waals surface area contributed by atoms with Crippen molar-refractivity contribution < 1.29 is 9.53 Å². The Hall–Kier alpha value is -2.63. The van der Waals surface area contributed by atoms with E-state index in [1.807, 2.05) is 12.1 Å². The average molecular weight is 273 g/mol. The molecule has 0 saturated heterocycles. The molecule has 0 unspecified atom stereocenters. The van der Waals surface area contributed by atoms with Crippen molar-refractivity contribution in [1.82, 2.24) is 15.1 Å². The van der Waals surface area contributed by atoms with E-state index in [1.54, 1.807) is 19.2 Å². The van der Waals surface area contributed by atoms with Gasteiger partial charge in [-0.2, -0.15) is 5.10 Å². The first-order valence-electron chi connectivity index (χ1n) is 6.01. The van der Waals surface area contributed by atoms with Crippen LogP contribution in [0.4, 0.5) is 0 Å². The van der Waals surface area contributed by atoms with Gasteiger partial charge in [-0.15, -0.1) is 0 Å². The molecule has 1 aromatic carbocycles. The molecule has 6 heteroatoms. The van der Waals surface area contributed by atoms with Crippen molar-refractivity contribution >= 4 is 5.91 Å². The van der Waals surface area contributed by atoms with Gasteiger partial charge in [-0.1, -0.05) is 0 Å². The zero-order chi connectivity index (χ0) is 14.7. The minimum Gasteiger partial charge on any atom is -0.497 e. The number of methoxy groups -OCH3 is 1.